The van der Waals surface area contributed by atoms with Crippen LogP contribution in [0.5, 0.6) is 0 Å². The van der Waals surface area contributed by atoms with Crippen molar-refractivity contribution in [2.24, 2.45) is 0 Å². The van der Waals surface area contributed by atoms with Gasteiger partial charge in [0.25, 0.3) is 0 Å². The molecule has 216 valence electrons. The standard InChI is InChI=1S/C33H50N2O4/c1-4-6-7-8-9-10-11-12-13-14-15-16-17-18-19-20-21-22-23-28-32(37)35-30(33(38)39-3)27-24-25-29-34-31(36)26-5-2/h5-7,9-10,12-13,15-16,18-19,21-22,26,30H,4,8,11,14,17,20,23-25,27-29H2,1-3H3,(H,34,36)(H,35,37)/b7-6-,10-9-,13-12-,16-15-,19-18-,22-21-,26-5+/t30-/m0/s1. The minimum absolute atomic E-state index is 0.135. The maximum absolute atomic E-state index is 12.3. The number of hydrogen-bond acceptors (Lipinski definition) is 4. The molecule has 0 aliphatic carbocycles. The Kier molecular flexibility index (Phi) is 25.2. The minimum Gasteiger partial charge on any atom is -0.467 e. The number of carbonyl (C=O) groups excluding carboxylic acids is 3. The van der Waals surface area contributed by atoms with Gasteiger partial charge in [0.2, 0.25) is 11.8 Å². The Hall–Kier alpha value is -3.41. The van der Waals surface area contributed by atoms with E-state index in [2.05, 4.69) is 78.3 Å². The molecule has 0 fully saturated rings. The number of carbonyl (C=O) groups is 3. The molecule has 1 atom stereocenters. The van der Waals surface area contributed by atoms with E-state index in [1.165, 1.54) is 13.2 Å². The molecule has 2 amide bonds. The summed E-state index contributed by atoms with van der Waals surface area (Å²) in [5.74, 6) is -0.758. The van der Waals surface area contributed by atoms with Gasteiger partial charge in [0, 0.05) is 13.0 Å². The third-order valence-electron chi connectivity index (χ3n) is 5.49. The summed E-state index contributed by atoms with van der Waals surface area (Å²) in [6.45, 7) is 4.45. The Labute approximate surface area is 236 Å². The van der Waals surface area contributed by atoms with E-state index in [0.29, 0.717) is 38.6 Å². The summed E-state index contributed by atoms with van der Waals surface area (Å²) in [5, 5.41) is 5.54. The van der Waals surface area contributed by atoms with Crippen LogP contribution in [0.25, 0.3) is 0 Å². The van der Waals surface area contributed by atoms with Crippen LogP contribution in [-0.2, 0) is 19.1 Å². The molecule has 0 aromatic carbocycles. The summed E-state index contributed by atoms with van der Waals surface area (Å²) in [7, 11) is 1.32. The predicted octanol–water partition coefficient (Wildman–Crippen LogP) is 6.98. The molecule has 0 unspecified atom stereocenters. The minimum atomic E-state index is -0.668. The summed E-state index contributed by atoms with van der Waals surface area (Å²) >= 11 is 0. The molecule has 0 spiro atoms. The first-order valence-corrected chi connectivity index (χ1v) is 14.2. The van der Waals surface area contributed by atoms with Crippen LogP contribution in [0.4, 0.5) is 0 Å². The molecule has 6 nitrogen and oxygen atoms in total. The van der Waals surface area contributed by atoms with E-state index in [1.807, 2.05) is 12.2 Å². The molecule has 0 aromatic rings. The molecule has 39 heavy (non-hydrogen) atoms. The molecule has 0 saturated heterocycles. The van der Waals surface area contributed by atoms with Gasteiger partial charge in [-0.2, -0.15) is 0 Å². The van der Waals surface area contributed by atoms with Gasteiger partial charge < -0.3 is 15.4 Å². The summed E-state index contributed by atoms with van der Waals surface area (Å²) in [4.78, 5) is 35.7. The molecule has 0 radical (unpaired) electrons. The molecule has 6 heteroatoms. The van der Waals surface area contributed by atoms with E-state index in [0.717, 1.165) is 38.5 Å². The Balaban J connectivity index is 3.99. The van der Waals surface area contributed by atoms with Crippen LogP contribution in [0.3, 0.4) is 0 Å². The molecule has 0 heterocycles. The van der Waals surface area contributed by atoms with Gasteiger partial charge in [0.05, 0.1) is 7.11 Å². The summed E-state index contributed by atoms with van der Waals surface area (Å²) in [5.41, 5.74) is 0. The first kappa shape index (κ1) is 35.6. The van der Waals surface area contributed by atoms with Crippen LogP contribution >= 0.6 is 0 Å². The molecule has 0 bridgehead atoms. The van der Waals surface area contributed by atoms with Crippen molar-refractivity contribution in [1.82, 2.24) is 10.6 Å². The molecule has 0 aliphatic rings. The van der Waals surface area contributed by atoms with Gasteiger partial charge in [-0.3, -0.25) is 9.59 Å². The molecule has 0 rings (SSSR count). The van der Waals surface area contributed by atoms with Gasteiger partial charge in [0.15, 0.2) is 0 Å². The summed E-state index contributed by atoms with van der Waals surface area (Å²) < 4.78 is 4.82. The van der Waals surface area contributed by atoms with Gasteiger partial charge in [0.1, 0.15) is 6.04 Å². The van der Waals surface area contributed by atoms with Crippen molar-refractivity contribution in [2.75, 3.05) is 13.7 Å². The third kappa shape index (κ3) is 24.7. The van der Waals surface area contributed by atoms with E-state index in [1.54, 1.807) is 13.0 Å². The quantitative estimate of drug-likeness (QED) is 0.0674. The normalized spacial score (nSPS) is 13.2. The highest BCUT2D eigenvalue weighted by molar-refractivity contribution is 5.87. The van der Waals surface area contributed by atoms with Gasteiger partial charge >= 0.3 is 5.97 Å². The van der Waals surface area contributed by atoms with E-state index in [-0.39, 0.29) is 11.8 Å². The summed E-state index contributed by atoms with van der Waals surface area (Å²) in [6.07, 6.45) is 37.5. The van der Waals surface area contributed by atoms with Crippen LogP contribution in [0.15, 0.2) is 85.1 Å². The lowest BCUT2D eigenvalue weighted by Gasteiger charge is -2.16. The van der Waals surface area contributed by atoms with Crippen LogP contribution in [0.2, 0.25) is 0 Å². The largest absolute Gasteiger partial charge is 0.467 e. The van der Waals surface area contributed by atoms with Crippen molar-refractivity contribution >= 4 is 17.8 Å². The highest BCUT2D eigenvalue weighted by Crippen LogP contribution is 2.04. The number of hydrogen-bond donors (Lipinski definition) is 2. The number of rotatable bonds is 22. The zero-order valence-corrected chi connectivity index (χ0v) is 24.3. The Morgan fingerprint density at radius 1 is 0.744 bits per heavy atom. The lowest BCUT2D eigenvalue weighted by molar-refractivity contribution is -0.145. The third-order valence-corrected chi connectivity index (χ3v) is 5.49. The smallest absolute Gasteiger partial charge is 0.328 e. The maximum atomic E-state index is 12.3. The first-order chi connectivity index (χ1) is 19.0. The Bertz CT molecular complexity index is 863. The second-order valence-electron chi connectivity index (χ2n) is 8.88. The lowest BCUT2D eigenvalue weighted by atomic mass is 10.1. The highest BCUT2D eigenvalue weighted by atomic mass is 16.5. The predicted molar refractivity (Wildman–Crippen MR) is 163 cm³/mol. The van der Waals surface area contributed by atoms with E-state index in [4.69, 9.17) is 4.74 Å². The van der Waals surface area contributed by atoms with Crippen LogP contribution in [0.1, 0.15) is 84.5 Å². The first-order valence-electron chi connectivity index (χ1n) is 14.2. The molecule has 0 saturated carbocycles. The second-order valence-corrected chi connectivity index (χ2v) is 8.88. The number of unbranched alkanes of at least 4 members (excludes halogenated alkanes) is 1. The lowest BCUT2D eigenvalue weighted by Crippen LogP contribution is -2.41. The van der Waals surface area contributed by atoms with Gasteiger partial charge in [-0.15, -0.1) is 0 Å². The number of allylic oxidation sites excluding steroid dienone is 13. The van der Waals surface area contributed by atoms with Crippen LogP contribution in [-0.4, -0.2) is 37.5 Å². The zero-order chi connectivity index (χ0) is 28.8. The van der Waals surface area contributed by atoms with Crippen molar-refractivity contribution in [3.05, 3.63) is 85.1 Å². The van der Waals surface area contributed by atoms with Crippen LogP contribution < -0.4 is 10.6 Å². The van der Waals surface area contributed by atoms with Crippen molar-refractivity contribution in [2.45, 2.75) is 90.5 Å². The second kappa shape index (κ2) is 27.6. The fourth-order valence-corrected chi connectivity index (χ4v) is 3.41. The maximum Gasteiger partial charge on any atom is 0.328 e. The van der Waals surface area contributed by atoms with Crippen molar-refractivity contribution in [3.63, 3.8) is 0 Å². The number of ether oxygens (including phenoxy) is 1. The monoisotopic (exact) mass is 538 g/mol. The van der Waals surface area contributed by atoms with Gasteiger partial charge in [-0.25, -0.2) is 4.79 Å². The van der Waals surface area contributed by atoms with E-state index >= 15 is 0 Å². The zero-order valence-electron chi connectivity index (χ0n) is 24.3. The molecule has 0 aliphatic heterocycles. The topological polar surface area (TPSA) is 84.5 Å². The number of esters is 1. The fraction of sp³-hybridized carbons (Fsp3) is 0.485. The molecule has 2 N–H and O–H groups in total. The average molecular weight is 539 g/mol. The van der Waals surface area contributed by atoms with E-state index in [9.17, 15) is 14.4 Å². The highest BCUT2D eigenvalue weighted by Gasteiger charge is 2.20. The number of nitrogens with one attached hydrogen (secondary N) is 2. The SMILES string of the molecule is C/C=C/C(=O)NCCCC[C@H](NC(=O)CC/C=C\C/C=C\C/C=C\C/C=C\C/C=C\C/C=C\CC)C(=O)OC. The Morgan fingerprint density at radius 3 is 1.74 bits per heavy atom. The Morgan fingerprint density at radius 2 is 1.26 bits per heavy atom. The van der Waals surface area contributed by atoms with Crippen molar-refractivity contribution < 1.29 is 19.1 Å². The van der Waals surface area contributed by atoms with Gasteiger partial charge in [-0.05, 0) is 77.2 Å². The average Bonchev–Trinajstić information content (AvgIpc) is 2.93. The number of methoxy groups -OCH3 is 1. The van der Waals surface area contributed by atoms with Crippen molar-refractivity contribution in [1.29, 1.82) is 0 Å². The summed E-state index contributed by atoms with van der Waals surface area (Å²) in [6, 6.07) is -0.668. The van der Waals surface area contributed by atoms with Crippen molar-refractivity contribution in [3.8, 4) is 0 Å². The fourth-order valence-electron chi connectivity index (χ4n) is 3.41. The molecular formula is C33H50N2O4. The molecular weight excluding hydrogens is 488 g/mol. The molecule has 0 aromatic heterocycles. The van der Waals surface area contributed by atoms with Crippen LogP contribution in [0, 0.1) is 0 Å². The number of amides is 2. The van der Waals surface area contributed by atoms with E-state index < -0.39 is 12.0 Å². The van der Waals surface area contributed by atoms with Gasteiger partial charge in [-0.1, -0.05) is 85.9 Å².